The molecule has 37 heavy (non-hydrogen) atoms. The number of nitro benzene ring substituents is 1. The van der Waals surface area contributed by atoms with Crippen molar-refractivity contribution in [3.63, 3.8) is 0 Å². The molecular formula is C27H26N4O6. The van der Waals surface area contributed by atoms with E-state index in [9.17, 15) is 24.5 Å². The number of nitrogens with one attached hydrogen (secondary N) is 1. The molecule has 0 saturated carbocycles. The predicted octanol–water partition coefficient (Wildman–Crippen LogP) is 2.93. The summed E-state index contributed by atoms with van der Waals surface area (Å²) >= 11 is 0. The van der Waals surface area contributed by atoms with Crippen LogP contribution in [0.15, 0.2) is 82.4 Å². The lowest BCUT2D eigenvalue weighted by Crippen LogP contribution is -2.40. The molecule has 0 radical (unpaired) electrons. The highest BCUT2D eigenvalue weighted by atomic mass is 16.6. The van der Waals surface area contributed by atoms with Gasteiger partial charge in [-0.3, -0.25) is 28.8 Å². The first-order chi connectivity index (χ1) is 17.9. The highest BCUT2D eigenvalue weighted by Gasteiger charge is 2.15. The first-order valence-corrected chi connectivity index (χ1v) is 11.7. The van der Waals surface area contributed by atoms with Gasteiger partial charge in [-0.15, -0.1) is 0 Å². The fourth-order valence-corrected chi connectivity index (χ4v) is 4.08. The Balaban J connectivity index is 1.65. The number of nitro groups is 1. The van der Waals surface area contributed by atoms with E-state index >= 15 is 0 Å². The van der Waals surface area contributed by atoms with E-state index in [-0.39, 0.29) is 24.7 Å². The van der Waals surface area contributed by atoms with Crippen molar-refractivity contribution >= 4 is 22.5 Å². The van der Waals surface area contributed by atoms with Crippen LogP contribution < -0.4 is 16.6 Å². The number of carbonyl (C=O) groups is 1. The number of aromatic nitrogens is 2. The summed E-state index contributed by atoms with van der Waals surface area (Å²) in [6.07, 6.45) is 0.702. The number of fused-ring (bicyclic) bond motifs is 1. The van der Waals surface area contributed by atoms with Gasteiger partial charge in [0.1, 0.15) is 0 Å². The Hall–Kier alpha value is -4.57. The van der Waals surface area contributed by atoms with E-state index in [1.54, 1.807) is 67.8 Å². The van der Waals surface area contributed by atoms with Crippen molar-refractivity contribution in [1.82, 2.24) is 14.5 Å². The van der Waals surface area contributed by atoms with Crippen molar-refractivity contribution in [2.24, 2.45) is 0 Å². The van der Waals surface area contributed by atoms with Crippen LogP contribution in [0.4, 0.5) is 5.69 Å². The summed E-state index contributed by atoms with van der Waals surface area (Å²) in [6.45, 7) is 1.11. The van der Waals surface area contributed by atoms with Gasteiger partial charge in [-0.2, -0.15) is 0 Å². The number of benzene rings is 3. The summed E-state index contributed by atoms with van der Waals surface area (Å²) in [5.74, 6) is -0.218. The summed E-state index contributed by atoms with van der Waals surface area (Å²) in [5, 5.41) is 14.4. The fourth-order valence-electron chi connectivity index (χ4n) is 4.08. The van der Waals surface area contributed by atoms with E-state index in [0.717, 1.165) is 4.57 Å². The van der Waals surface area contributed by atoms with Crippen molar-refractivity contribution in [3.8, 4) is 0 Å². The molecule has 3 aromatic carbocycles. The zero-order valence-corrected chi connectivity index (χ0v) is 20.3. The molecule has 10 heteroatoms. The average molecular weight is 503 g/mol. The monoisotopic (exact) mass is 502 g/mol. The van der Waals surface area contributed by atoms with Crippen LogP contribution in [0.3, 0.4) is 0 Å². The third-order valence-corrected chi connectivity index (χ3v) is 5.96. The lowest BCUT2D eigenvalue weighted by atomic mass is 10.1. The number of amides is 1. The lowest BCUT2D eigenvalue weighted by molar-refractivity contribution is -0.384. The zero-order valence-electron chi connectivity index (χ0n) is 20.3. The Morgan fingerprint density at radius 3 is 2.41 bits per heavy atom. The molecule has 1 amide bonds. The van der Waals surface area contributed by atoms with Crippen molar-refractivity contribution in [2.75, 3.05) is 20.3 Å². The summed E-state index contributed by atoms with van der Waals surface area (Å²) in [5.41, 5.74) is 1.10. The second kappa shape index (κ2) is 11.4. The minimum atomic E-state index is -0.532. The third kappa shape index (κ3) is 5.81. The molecule has 0 aliphatic carbocycles. The Morgan fingerprint density at radius 2 is 1.68 bits per heavy atom. The highest BCUT2D eigenvalue weighted by molar-refractivity contribution is 5.94. The van der Waals surface area contributed by atoms with Crippen LogP contribution in [0.5, 0.6) is 0 Å². The molecule has 0 aliphatic heterocycles. The molecule has 0 spiro atoms. The molecule has 0 unspecified atom stereocenters. The van der Waals surface area contributed by atoms with Gasteiger partial charge in [0.05, 0.1) is 28.9 Å². The number of para-hydroxylation sites is 1. The van der Waals surface area contributed by atoms with E-state index in [1.807, 2.05) is 0 Å². The molecule has 1 N–H and O–H groups in total. The van der Waals surface area contributed by atoms with Crippen LogP contribution in [0.1, 0.15) is 27.9 Å². The predicted molar refractivity (Wildman–Crippen MR) is 139 cm³/mol. The summed E-state index contributed by atoms with van der Waals surface area (Å²) < 4.78 is 7.55. The number of hydrogen-bond acceptors (Lipinski definition) is 6. The van der Waals surface area contributed by atoms with E-state index in [1.165, 1.54) is 16.7 Å². The van der Waals surface area contributed by atoms with E-state index in [0.29, 0.717) is 47.2 Å². The standard InChI is InChI=1S/C27H26N4O6/c1-37-15-5-14-28-25(32)21-12-10-19(11-13-21)17-30-26(33)23-8-2-3-9-24(23)29(27(30)34)18-20-6-4-7-22(16-20)31(35)36/h2-4,6-13,16H,5,14-15,17-18H2,1H3,(H,28,32). The fraction of sp³-hybridized carbons (Fsp3) is 0.222. The van der Waals surface area contributed by atoms with Crippen molar-refractivity contribution in [1.29, 1.82) is 0 Å². The third-order valence-electron chi connectivity index (χ3n) is 5.96. The van der Waals surface area contributed by atoms with Crippen molar-refractivity contribution in [3.05, 3.63) is 120 Å². The van der Waals surface area contributed by atoms with Crippen LogP contribution in [0.25, 0.3) is 10.9 Å². The number of carbonyl (C=O) groups excluding carboxylic acids is 1. The molecule has 0 atom stereocenters. The SMILES string of the molecule is COCCCNC(=O)c1ccc(Cn2c(=O)c3ccccc3n(Cc3cccc([N+](=O)[O-])c3)c2=O)cc1. The normalized spacial score (nSPS) is 10.9. The second-order valence-corrected chi connectivity index (χ2v) is 8.50. The Bertz CT molecular complexity index is 1560. The summed E-state index contributed by atoms with van der Waals surface area (Å²) in [7, 11) is 1.60. The first kappa shape index (κ1) is 25.5. The van der Waals surface area contributed by atoms with Gasteiger partial charge in [0.25, 0.3) is 17.2 Å². The van der Waals surface area contributed by atoms with Gasteiger partial charge in [0.2, 0.25) is 0 Å². The number of ether oxygens (including phenoxy) is 1. The Morgan fingerprint density at radius 1 is 0.946 bits per heavy atom. The molecule has 4 aromatic rings. The van der Waals surface area contributed by atoms with Crippen LogP contribution >= 0.6 is 0 Å². The lowest BCUT2D eigenvalue weighted by Gasteiger charge is -2.14. The van der Waals surface area contributed by atoms with Gasteiger partial charge in [-0.25, -0.2) is 4.79 Å². The van der Waals surface area contributed by atoms with Gasteiger partial charge in [0.15, 0.2) is 0 Å². The van der Waals surface area contributed by atoms with Crippen LogP contribution in [0.2, 0.25) is 0 Å². The van der Waals surface area contributed by atoms with E-state index < -0.39 is 16.2 Å². The van der Waals surface area contributed by atoms with E-state index in [2.05, 4.69) is 5.32 Å². The van der Waals surface area contributed by atoms with Gasteiger partial charge >= 0.3 is 5.69 Å². The summed E-state index contributed by atoms with van der Waals surface area (Å²) in [4.78, 5) is 49.7. The number of methoxy groups -OCH3 is 1. The Kier molecular flexibility index (Phi) is 7.89. The smallest absolute Gasteiger partial charge is 0.332 e. The Labute approximate surface area is 211 Å². The molecule has 0 fully saturated rings. The molecule has 190 valence electrons. The van der Waals surface area contributed by atoms with Gasteiger partial charge < -0.3 is 10.1 Å². The molecular weight excluding hydrogens is 476 g/mol. The molecule has 1 heterocycles. The maximum atomic E-state index is 13.5. The van der Waals surface area contributed by atoms with Crippen LogP contribution in [-0.4, -0.2) is 40.2 Å². The zero-order chi connectivity index (χ0) is 26.4. The second-order valence-electron chi connectivity index (χ2n) is 8.50. The quantitative estimate of drug-likeness (QED) is 0.202. The van der Waals surface area contributed by atoms with E-state index in [4.69, 9.17) is 4.74 Å². The minimum Gasteiger partial charge on any atom is -0.385 e. The van der Waals surface area contributed by atoms with Crippen LogP contribution in [-0.2, 0) is 17.8 Å². The largest absolute Gasteiger partial charge is 0.385 e. The molecule has 4 rings (SSSR count). The molecule has 0 bridgehead atoms. The number of non-ortho nitro benzene ring substituents is 1. The highest BCUT2D eigenvalue weighted by Crippen LogP contribution is 2.16. The minimum absolute atomic E-state index is 0.00712. The topological polar surface area (TPSA) is 125 Å². The van der Waals surface area contributed by atoms with Gasteiger partial charge in [-0.05, 0) is 41.8 Å². The molecule has 1 aromatic heterocycles. The number of nitrogens with zero attached hydrogens (tertiary/aromatic N) is 3. The average Bonchev–Trinajstić information content (AvgIpc) is 2.92. The number of rotatable bonds is 10. The van der Waals surface area contributed by atoms with Gasteiger partial charge in [0, 0.05) is 38.0 Å². The first-order valence-electron chi connectivity index (χ1n) is 11.7. The van der Waals surface area contributed by atoms with Crippen molar-refractivity contribution < 1.29 is 14.5 Å². The van der Waals surface area contributed by atoms with Crippen molar-refractivity contribution in [2.45, 2.75) is 19.5 Å². The van der Waals surface area contributed by atoms with Gasteiger partial charge in [-0.1, -0.05) is 36.4 Å². The molecule has 10 nitrogen and oxygen atoms in total. The summed E-state index contributed by atoms with van der Waals surface area (Å²) in [6, 6.07) is 19.5. The number of hydrogen-bond donors (Lipinski definition) is 1. The molecule has 0 saturated heterocycles. The maximum absolute atomic E-state index is 13.5. The maximum Gasteiger partial charge on any atom is 0.332 e. The molecule has 0 aliphatic rings. The van der Waals surface area contributed by atoms with Crippen LogP contribution in [0, 0.1) is 10.1 Å².